The molecule has 1 aromatic rings. The lowest BCUT2D eigenvalue weighted by Crippen LogP contribution is -2.36. The molecule has 1 aliphatic heterocycles. The first-order valence-corrected chi connectivity index (χ1v) is 5.29. The molecule has 1 aromatic carbocycles. The largest absolute Gasteiger partial charge is 0.341 e. The van der Waals surface area contributed by atoms with Crippen LogP contribution in [0.2, 0.25) is 0 Å². The van der Waals surface area contributed by atoms with Crippen molar-refractivity contribution in [2.45, 2.75) is 6.42 Å². The SMILES string of the molecule is CNC(=O)N1CCc2cc(Br)ccc21. The van der Waals surface area contributed by atoms with E-state index in [4.69, 9.17) is 0 Å². The fourth-order valence-electron chi connectivity index (χ4n) is 1.72. The molecule has 2 rings (SSSR count). The standard InChI is InChI=1S/C10H11BrN2O/c1-12-10(14)13-5-4-7-6-8(11)2-3-9(7)13/h2-3,6H,4-5H2,1H3,(H,12,14). The number of hydrogen-bond acceptors (Lipinski definition) is 1. The maximum Gasteiger partial charge on any atom is 0.321 e. The second kappa shape index (κ2) is 3.61. The van der Waals surface area contributed by atoms with Crippen LogP contribution in [0.5, 0.6) is 0 Å². The molecule has 1 heterocycles. The van der Waals surface area contributed by atoms with Gasteiger partial charge >= 0.3 is 6.03 Å². The molecule has 2 amide bonds. The van der Waals surface area contributed by atoms with Gasteiger partial charge in [0, 0.05) is 23.8 Å². The van der Waals surface area contributed by atoms with E-state index >= 15 is 0 Å². The van der Waals surface area contributed by atoms with Crippen molar-refractivity contribution >= 4 is 27.6 Å². The number of anilines is 1. The lowest BCUT2D eigenvalue weighted by Gasteiger charge is -2.16. The van der Waals surface area contributed by atoms with Crippen LogP contribution in [0.4, 0.5) is 10.5 Å². The quantitative estimate of drug-likeness (QED) is 0.756. The van der Waals surface area contributed by atoms with Gasteiger partial charge in [-0.25, -0.2) is 4.79 Å². The summed E-state index contributed by atoms with van der Waals surface area (Å²) in [7, 11) is 1.65. The number of hydrogen-bond donors (Lipinski definition) is 1. The summed E-state index contributed by atoms with van der Waals surface area (Å²) in [5, 5.41) is 2.64. The lowest BCUT2D eigenvalue weighted by molar-refractivity contribution is 0.248. The normalized spacial score (nSPS) is 14.0. The molecular formula is C10H11BrN2O. The number of carbonyl (C=O) groups excluding carboxylic acids is 1. The minimum Gasteiger partial charge on any atom is -0.341 e. The predicted octanol–water partition coefficient (Wildman–Crippen LogP) is 2.15. The molecule has 14 heavy (non-hydrogen) atoms. The lowest BCUT2D eigenvalue weighted by atomic mass is 10.2. The second-order valence-electron chi connectivity index (χ2n) is 3.23. The molecule has 0 aromatic heterocycles. The Morgan fingerprint density at radius 1 is 1.57 bits per heavy atom. The van der Waals surface area contributed by atoms with Crippen molar-refractivity contribution in [2.24, 2.45) is 0 Å². The van der Waals surface area contributed by atoms with Gasteiger partial charge in [0.25, 0.3) is 0 Å². The Morgan fingerprint density at radius 3 is 3.07 bits per heavy atom. The molecule has 3 nitrogen and oxygen atoms in total. The first-order valence-electron chi connectivity index (χ1n) is 4.50. The zero-order valence-corrected chi connectivity index (χ0v) is 9.47. The smallest absolute Gasteiger partial charge is 0.321 e. The first kappa shape index (κ1) is 9.52. The molecule has 0 aliphatic carbocycles. The van der Waals surface area contributed by atoms with E-state index in [1.165, 1.54) is 5.56 Å². The third-order valence-corrected chi connectivity index (χ3v) is 2.89. The molecule has 0 bridgehead atoms. The number of rotatable bonds is 0. The molecule has 0 fully saturated rings. The highest BCUT2D eigenvalue weighted by Gasteiger charge is 2.23. The summed E-state index contributed by atoms with van der Waals surface area (Å²) in [5.41, 5.74) is 2.25. The van der Waals surface area contributed by atoms with Gasteiger partial charge in [0.05, 0.1) is 0 Å². The number of halogens is 1. The summed E-state index contributed by atoms with van der Waals surface area (Å²) in [6.07, 6.45) is 0.933. The van der Waals surface area contributed by atoms with Gasteiger partial charge in [-0.2, -0.15) is 0 Å². The van der Waals surface area contributed by atoms with Crippen LogP contribution in [0.15, 0.2) is 22.7 Å². The Bertz CT molecular complexity index is 378. The Hall–Kier alpha value is -1.03. The average Bonchev–Trinajstić information content (AvgIpc) is 2.59. The molecule has 0 spiro atoms. The Kier molecular flexibility index (Phi) is 2.46. The van der Waals surface area contributed by atoms with Crippen molar-refractivity contribution < 1.29 is 4.79 Å². The highest BCUT2D eigenvalue weighted by molar-refractivity contribution is 9.10. The van der Waals surface area contributed by atoms with Gasteiger partial charge in [0.2, 0.25) is 0 Å². The molecule has 0 saturated carbocycles. The van der Waals surface area contributed by atoms with E-state index in [2.05, 4.69) is 27.3 Å². The van der Waals surface area contributed by atoms with Gasteiger partial charge in [-0.3, -0.25) is 4.90 Å². The minimum absolute atomic E-state index is 0.0360. The summed E-state index contributed by atoms with van der Waals surface area (Å²) in [6.45, 7) is 0.769. The first-order chi connectivity index (χ1) is 6.72. The van der Waals surface area contributed by atoms with E-state index in [1.807, 2.05) is 12.1 Å². The summed E-state index contributed by atoms with van der Waals surface area (Å²) in [6, 6.07) is 5.96. The number of carbonyl (C=O) groups is 1. The number of benzene rings is 1. The summed E-state index contributed by atoms with van der Waals surface area (Å²) in [5.74, 6) is 0. The highest BCUT2D eigenvalue weighted by Crippen LogP contribution is 2.30. The Morgan fingerprint density at radius 2 is 2.36 bits per heavy atom. The number of urea groups is 1. The third-order valence-electron chi connectivity index (χ3n) is 2.40. The van der Waals surface area contributed by atoms with Gasteiger partial charge in [0.1, 0.15) is 0 Å². The van der Waals surface area contributed by atoms with Crippen molar-refractivity contribution in [2.75, 3.05) is 18.5 Å². The van der Waals surface area contributed by atoms with E-state index in [0.717, 1.165) is 23.1 Å². The summed E-state index contributed by atoms with van der Waals surface area (Å²) >= 11 is 3.42. The number of nitrogens with one attached hydrogen (secondary N) is 1. The molecule has 0 unspecified atom stereocenters. The van der Waals surface area contributed by atoms with E-state index in [9.17, 15) is 4.79 Å². The van der Waals surface area contributed by atoms with Crippen LogP contribution < -0.4 is 10.2 Å². The number of fused-ring (bicyclic) bond motifs is 1. The molecular weight excluding hydrogens is 244 g/mol. The molecule has 4 heteroatoms. The van der Waals surface area contributed by atoms with Crippen LogP contribution >= 0.6 is 15.9 Å². The monoisotopic (exact) mass is 254 g/mol. The Labute approximate surface area is 91.2 Å². The molecule has 0 saturated heterocycles. The predicted molar refractivity (Wildman–Crippen MR) is 59.6 cm³/mol. The van der Waals surface area contributed by atoms with Crippen LogP contribution in [0, 0.1) is 0 Å². The molecule has 0 radical (unpaired) electrons. The topological polar surface area (TPSA) is 32.3 Å². The zero-order valence-electron chi connectivity index (χ0n) is 7.88. The maximum atomic E-state index is 11.5. The highest BCUT2D eigenvalue weighted by atomic mass is 79.9. The van der Waals surface area contributed by atoms with Gasteiger partial charge in [0.15, 0.2) is 0 Å². The summed E-state index contributed by atoms with van der Waals surface area (Å²) in [4.78, 5) is 13.2. The zero-order chi connectivity index (χ0) is 10.1. The summed E-state index contributed by atoms with van der Waals surface area (Å²) < 4.78 is 1.06. The third kappa shape index (κ3) is 1.50. The van der Waals surface area contributed by atoms with Crippen LogP contribution in [0.3, 0.4) is 0 Å². The van der Waals surface area contributed by atoms with E-state index in [-0.39, 0.29) is 6.03 Å². The molecule has 1 N–H and O–H groups in total. The fraction of sp³-hybridized carbons (Fsp3) is 0.300. The molecule has 1 aliphatic rings. The van der Waals surface area contributed by atoms with Crippen LogP contribution in [-0.2, 0) is 6.42 Å². The van der Waals surface area contributed by atoms with Gasteiger partial charge in [-0.15, -0.1) is 0 Å². The van der Waals surface area contributed by atoms with Gasteiger partial charge < -0.3 is 5.32 Å². The molecule has 74 valence electrons. The van der Waals surface area contributed by atoms with Gasteiger partial charge in [-0.05, 0) is 30.2 Å². The van der Waals surface area contributed by atoms with Crippen molar-refractivity contribution in [1.29, 1.82) is 0 Å². The van der Waals surface area contributed by atoms with Crippen LogP contribution in [-0.4, -0.2) is 19.6 Å². The van der Waals surface area contributed by atoms with Gasteiger partial charge in [-0.1, -0.05) is 15.9 Å². The van der Waals surface area contributed by atoms with Crippen molar-refractivity contribution in [3.8, 4) is 0 Å². The van der Waals surface area contributed by atoms with Crippen molar-refractivity contribution in [1.82, 2.24) is 5.32 Å². The second-order valence-corrected chi connectivity index (χ2v) is 4.15. The fourth-order valence-corrected chi connectivity index (χ4v) is 2.12. The van der Waals surface area contributed by atoms with E-state index in [1.54, 1.807) is 11.9 Å². The minimum atomic E-state index is -0.0360. The van der Waals surface area contributed by atoms with Crippen molar-refractivity contribution in [3.63, 3.8) is 0 Å². The van der Waals surface area contributed by atoms with Crippen molar-refractivity contribution in [3.05, 3.63) is 28.2 Å². The van der Waals surface area contributed by atoms with Crippen LogP contribution in [0.1, 0.15) is 5.56 Å². The van der Waals surface area contributed by atoms with E-state index in [0.29, 0.717) is 0 Å². The molecule has 0 atom stereocenters. The maximum absolute atomic E-state index is 11.5. The Balaban J connectivity index is 2.35. The average molecular weight is 255 g/mol. The number of nitrogens with zero attached hydrogens (tertiary/aromatic N) is 1. The number of amides is 2. The van der Waals surface area contributed by atoms with Crippen LogP contribution in [0.25, 0.3) is 0 Å². The van der Waals surface area contributed by atoms with E-state index < -0.39 is 0 Å².